The van der Waals surface area contributed by atoms with Gasteiger partial charge >= 0.3 is 0 Å². The van der Waals surface area contributed by atoms with Crippen LogP contribution in [0.15, 0.2) is 36.8 Å². The molecule has 26 heavy (non-hydrogen) atoms. The molecule has 1 aromatic carbocycles. The van der Waals surface area contributed by atoms with Crippen molar-refractivity contribution in [1.82, 2.24) is 19.7 Å². The van der Waals surface area contributed by atoms with Crippen LogP contribution in [-0.2, 0) is 4.74 Å². The van der Waals surface area contributed by atoms with Gasteiger partial charge in [-0.15, -0.1) is 0 Å². The molecule has 3 heterocycles. The molecule has 2 aromatic heterocycles. The van der Waals surface area contributed by atoms with Crippen molar-refractivity contribution >= 4 is 34.2 Å². The molecule has 0 saturated carbocycles. The van der Waals surface area contributed by atoms with E-state index in [1.807, 2.05) is 19.1 Å². The van der Waals surface area contributed by atoms with Crippen LogP contribution in [0.25, 0.3) is 11.0 Å². The molecule has 3 aromatic rings. The largest absolute Gasteiger partial charge is 0.387 e. The topological polar surface area (TPSA) is 93.3 Å². The molecule has 1 fully saturated rings. The Balaban J connectivity index is 1.65. The first-order chi connectivity index (χ1) is 12.5. The summed E-state index contributed by atoms with van der Waals surface area (Å²) in [5, 5.41) is 26.7. The highest BCUT2D eigenvalue weighted by atomic mass is 35.5. The van der Waals surface area contributed by atoms with Crippen molar-refractivity contribution in [2.24, 2.45) is 0 Å². The SMILES string of the molecule is C[C@H](c1ccc(Cl)cc1)[C@H]1O[C@@H](n2ncc3c(Cl)ncnc32)[C@H](O)[C@@H]1O. The van der Waals surface area contributed by atoms with Crippen molar-refractivity contribution in [3.8, 4) is 0 Å². The quantitative estimate of drug-likeness (QED) is 0.663. The van der Waals surface area contributed by atoms with Crippen LogP contribution in [0.3, 0.4) is 0 Å². The summed E-state index contributed by atoms with van der Waals surface area (Å²) in [7, 11) is 0. The van der Waals surface area contributed by atoms with E-state index in [1.165, 1.54) is 17.2 Å². The highest BCUT2D eigenvalue weighted by molar-refractivity contribution is 6.33. The maximum Gasteiger partial charge on any atom is 0.181 e. The summed E-state index contributed by atoms with van der Waals surface area (Å²) in [6.45, 7) is 1.92. The van der Waals surface area contributed by atoms with Crippen LogP contribution in [-0.4, -0.2) is 48.3 Å². The molecule has 1 aliphatic rings. The highest BCUT2D eigenvalue weighted by Crippen LogP contribution is 2.38. The van der Waals surface area contributed by atoms with E-state index in [0.717, 1.165) is 5.56 Å². The molecule has 0 unspecified atom stereocenters. The van der Waals surface area contributed by atoms with E-state index >= 15 is 0 Å². The number of hydrogen-bond donors (Lipinski definition) is 2. The average Bonchev–Trinajstić information content (AvgIpc) is 3.18. The van der Waals surface area contributed by atoms with Crippen molar-refractivity contribution in [1.29, 1.82) is 0 Å². The van der Waals surface area contributed by atoms with Crippen LogP contribution in [0.1, 0.15) is 24.6 Å². The smallest absolute Gasteiger partial charge is 0.181 e. The summed E-state index contributed by atoms with van der Waals surface area (Å²) >= 11 is 12.0. The predicted molar refractivity (Wildman–Crippen MR) is 96.1 cm³/mol. The summed E-state index contributed by atoms with van der Waals surface area (Å²) in [6.07, 6.45) is -0.917. The first kappa shape index (κ1) is 17.6. The second-order valence-electron chi connectivity index (χ2n) is 6.30. The van der Waals surface area contributed by atoms with Crippen molar-refractivity contribution < 1.29 is 14.9 Å². The van der Waals surface area contributed by atoms with E-state index in [0.29, 0.717) is 16.1 Å². The molecule has 7 nitrogen and oxygen atoms in total. The third-order valence-electron chi connectivity index (χ3n) is 4.75. The Labute approximate surface area is 159 Å². The summed E-state index contributed by atoms with van der Waals surface area (Å²) < 4.78 is 7.41. The van der Waals surface area contributed by atoms with Crippen LogP contribution in [0.5, 0.6) is 0 Å². The van der Waals surface area contributed by atoms with Gasteiger partial charge in [0.05, 0.1) is 17.7 Å². The number of nitrogens with zero attached hydrogens (tertiary/aromatic N) is 4. The Kier molecular flexibility index (Phi) is 4.58. The Bertz CT molecular complexity index is 933. The average molecular weight is 395 g/mol. The van der Waals surface area contributed by atoms with Crippen LogP contribution >= 0.6 is 23.2 Å². The van der Waals surface area contributed by atoms with Crippen LogP contribution in [0.2, 0.25) is 10.2 Å². The van der Waals surface area contributed by atoms with Gasteiger partial charge in [-0.05, 0) is 17.7 Å². The number of aliphatic hydroxyl groups excluding tert-OH is 2. The summed E-state index contributed by atoms with van der Waals surface area (Å²) in [5.74, 6) is -0.165. The molecule has 0 radical (unpaired) electrons. The second kappa shape index (κ2) is 6.75. The van der Waals surface area contributed by atoms with E-state index < -0.39 is 24.5 Å². The number of rotatable bonds is 3. The Morgan fingerprint density at radius 3 is 2.58 bits per heavy atom. The molecule has 4 rings (SSSR count). The molecular formula is C17H16Cl2N4O3. The van der Waals surface area contributed by atoms with Crippen molar-refractivity contribution in [2.45, 2.75) is 37.4 Å². The molecule has 0 aliphatic carbocycles. The summed E-state index contributed by atoms with van der Waals surface area (Å²) in [5.41, 5.74) is 1.38. The van der Waals surface area contributed by atoms with Gasteiger partial charge in [-0.25, -0.2) is 14.6 Å². The molecule has 2 N–H and O–H groups in total. The van der Waals surface area contributed by atoms with Gasteiger partial charge in [0, 0.05) is 10.9 Å². The number of aliphatic hydroxyl groups is 2. The number of benzene rings is 1. The number of halogens is 2. The first-order valence-electron chi connectivity index (χ1n) is 8.08. The number of aromatic nitrogens is 4. The van der Waals surface area contributed by atoms with E-state index in [-0.39, 0.29) is 11.1 Å². The summed E-state index contributed by atoms with van der Waals surface area (Å²) in [6, 6.07) is 7.31. The van der Waals surface area contributed by atoms with Gasteiger partial charge in [-0.3, -0.25) is 0 Å². The number of hydrogen-bond acceptors (Lipinski definition) is 6. The molecule has 0 bridgehead atoms. The standard InChI is InChI=1S/C17H16Cl2N4O3/c1-8(9-2-4-10(18)5-3-9)14-12(24)13(25)17(26-14)23-16-11(6-22-23)15(19)20-7-21-16/h2-8,12-14,17,24-25H,1H3/t8-,12+,13-,14-,17-/m1/s1. The lowest BCUT2D eigenvalue weighted by Crippen LogP contribution is -2.34. The summed E-state index contributed by atoms with van der Waals surface area (Å²) in [4.78, 5) is 8.07. The molecule has 5 atom stereocenters. The molecule has 136 valence electrons. The predicted octanol–water partition coefficient (Wildman–Crippen LogP) is 2.56. The Morgan fingerprint density at radius 1 is 1.12 bits per heavy atom. The minimum Gasteiger partial charge on any atom is -0.387 e. The normalized spacial score (nSPS) is 27.1. The van der Waals surface area contributed by atoms with Crippen molar-refractivity contribution in [3.63, 3.8) is 0 Å². The molecule has 9 heteroatoms. The van der Waals surface area contributed by atoms with Gasteiger partial charge in [0.2, 0.25) is 0 Å². The Hall–Kier alpha value is -1.77. The fourth-order valence-electron chi connectivity index (χ4n) is 3.28. The Morgan fingerprint density at radius 2 is 1.85 bits per heavy atom. The van der Waals surface area contributed by atoms with Gasteiger partial charge in [-0.1, -0.05) is 42.3 Å². The van der Waals surface area contributed by atoms with Gasteiger partial charge in [0.15, 0.2) is 11.9 Å². The van der Waals surface area contributed by atoms with E-state index in [1.54, 1.807) is 12.1 Å². The number of fused-ring (bicyclic) bond motifs is 1. The van der Waals surface area contributed by atoms with Gasteiger partial charge in [0.25, 0.3) is 0 Å². The van der Waals surface area contributed by atoms with Crippen molar-refractivity contribution in [2.75, 3.05) is 0 Å². The maximum absolute atomic E-state index is 10.5. The molecule has 1 saturated heterocycles. The zero-order valence-corrected chi connectivity index (χ0v) is 15.2. The zero-order chi connectivity index (χ0) is 18.4. The lowest BCUT2D eigenvalue weighted by atomic mass is 9.91. The lowest BCUT2D eigenvalue weighted by Gasteiger charge is -2.22. The van der Waals surface area contributed by atoms with E-state index in [4.69, 9.17) is 27.9 Å². The maximum atomic E-state index is 10.5. The van der Waals surface area contributed by atoms with Gasteiger partial charge < -0.3 is 14.9 Å². The zero-order valence-electron chi connectivity index (χ0n) is 13.7. The van der Waals surface area contributed by atoms with Gasteiger partial charge in [0.1, 0.15) is 23.7 Å². The minimum absolute atomic E-state index is 0.165. The minimum atomic E-state index is -1.16. The molecule has 0 amide bonds. The van der Waals surface area contributed by atoms with Crippen LogP contribution in [0, 0.1) is 0 Å². The van der Waals surface area contributed by atoms with Gasteiger partial charge in [-0.2, -0.15) is 5.10 Å². The van der Waals surface area contributed by atoms with Crippen LogP contribution < -0.4 is 0 Å². The van der Waals surface area contributed by atoms with Crippen molar-refractivity contribution in [3.05, 3.63) is 52.5 Å². The monoisotopic (exact) mass is 394 g/mol. The van der Waals surface area contributed by atoms with E-state index in [9.17, 15) is 10.2 Å². The number of ether oxygens (including phenoxy) is 1. The third-order valence-corrected chi connectivity index (χ3v) is 5.30. The fourth-order valence-corrected chi connectivity index (χ4v) is 3.58. The lowest BCUT2D eigenvalue weighted by molar-refractivity contribution is -0.0478. The molecular weight excluding hydrogens is 379 g/mol. The van der Waals surface area contributed by atoms with E-state index in [2.05, 4.69) is 15.1 Å². The third kappa shape index (κ3) is 2.86. The van der Waals surface area contributed by atoms with Crippen LogP contribution in [0.4, 0.5) is 0 Å². The molecule has 1 aliphatic heterocycles. The highest BCUT2D eigenvalue weighted by Gasteiger charge is 2.47. The molecule has 0 spiro atoms. The second-order valence-corrected chi connectivity index (χ2v) is 7.10. The fraction of sp³-hybridized carbons (Fsp3) is 0.353. The first-order valence-corrected chi connectivity index (χ1v) is 8.83.